The Balaban J connectivity index is 5.77. The first-order chi connectivity index (χ1) is 7.85. The quantitative estimate of drug-likeness (QED) is 0.475. The second kappa shape index (κ2) is 6.80. The lowest BCUT2D eigenvalue weighted by Gasteiger charge is -2.27. The fourth-order valence-corrected chi connectivity index (χ4v) is 2.07. The van der Waals surface area contributed by atoms with Crippen molar-refractivity contribution >= 4 is 17.3 Å². The normalized spacial score (nSPS) is 15.7. The molecular weight excluding hydrogens is 230 g/mol. The van der Waals surface area contributed by atoms with Crippen LogP contribution in [0.5, 0.6) is 0 Å². The van der Waals surface area contributed by atoms with Crippen molar-refractivity contribution < 1.29 is 0 Å². The molecule has 0 aliphatic carbocycles. The van der Waals surface area contributed by atoms with E-state index >= 15 is 0 Å². The highest BCUT2D eigenvalue weighted by Gasteiger charge is 2.22. The van der Waals surface area contributed by atoms with E-state index in [1.54, 1.807) is 7.05 Å². The molecule has 0 atom stereocenters. The highest BCUT2D eigenvalue weighted by molar-refractivity contribution is 6.46. The first kappa shape index (κ1) is 16.2. The van der Waals surface area contributed by atoms with Gasteiger partial charge in [-0.3, -0.25) is 4.99 Å². The molecule has 0 radical (unpaired) electrons. The molecule has 17 heavy (non-hydrogen) atoms. The van der Waals surface area contributed by atoms with Gasteiger partial charge in [0.25, 0.3) is 0 Å². The zero-order valence-corrected chi connectivity index (χ0v) is 12.7. The van der Waals surface area contributed by atoms with Crippen LogP contribution in [0.1, 0.15) is 41.0 Å². The van der Waals surface area contributed by atoms with E-state index in [2.05, 4.69) is 39.3 Å². The van der Waals surface area contributed by atoms with E-state index in [-0.39, 0.29) is 5.41 Å². The molecule has 0 aromatic heterocycles. The molecule has 0 aromatic rings. The van der Waals surface area contributed by atoms with Crippen molar-refractivity contribution in [2.24, 2.45) is 10.4 Å². The molecule has 0 unspecified atom stereocenters. The Morgan fingerprint density at radius 2 is 1.94 bits per heavy atom. The average molecular weight is 254 g/mol. The molecule has 1 nitrogen and oxygen atoms in total. The van der Waals surface area contributed by atoms with Gasteiger partial charge in [-0.15, -0.1) is 0 Å². The van der Waals surface area contributed by atoms with Crippen molar-refractivity contribution in [3.8, 4) is 0 Å². The monoisotopic (exact) mass is 253 g/mol. The minimum absolute atomic E-state index is 0.0900. The number of aliphatic imine (C=N–C) groups is 1. The van der Waals surface area contributed by atoms with Gasteiger partial charge in [0, 0.05) is 7.05 Å². The van der Waals surface area contributed by atoms with Gasteiger partial charge in [0.05, 0.1) is 10.7 Å². The summed E-state index contributed by atoms with van der Waals surface area (Å²) in [6, 6.07) is 0. The molecule has 0 rings (SSSR count). The molecule has 0 saturated heterocycles. The molecule has 0 fully saturated rings. The van der Waals surface area contributed by atoms with Crippen LogP contribution in [0.4, 0.5) is 0 Å². The van der Waals surface area contributed by atoms with Crippen LogP contribution in [0, 0.1) is 5.41 Å². The van der Waals surface area contributed by atoms with E-state index in [4.69, 9.17) is 11.6 Å². The number of hydrogen-bond donors (Lipinski definition) is 0. The van der Waals surface area contributed by atoms with Gasteiger partial charge in [0.15, 0.2) is 0 Å². The highest BCUT2D eigenvalue weighted by Crippen LogP contribution is 2.34. The van der Waals surface area contributed by atoms with E-state index in [0.717, 1.165) is 17.7 Å². The zero-order chi connectivity index (χ0) is 13.6. The number of hydrogen-bond acceptors (Lipinski definition) is 1. The maximum Gasteiger partial charge on any atom is 0.0785 e. The van der Waals surface area contributed by atoms with Crippen LogP contribution in [0.2, 0.25) is 0 Å². The molecule has 0 spiro atoms. The number of allylic oxidation sites excluding steroid dienone is 5. The summed E-state index contributed by atoms with van der Waals surface area (Å²) in [4.78, 5) is 4.29. The summed E-state index contributed by atoms with van der Waals surface area (Å²) in [5.74, 6) is 0. The third-order valence-corrected chi connectivity index (χ3v) is 3.68. The fraction of sp³-hybridized carbons (Fsp3) is 0.533. The fourth-order valence-electron chi connectivity index (χ4n) is 1.85. The molecule has 0 aromatic carbocycles. The van der Waals surface area contributed by atoms with Gasteiger partial charge in [-0.2, -0.15) is 0 Å². The second-order valence-corrected chi connectivity index (χ2v) is 5.10. The number of halogens is 1. The van der Waals surface area contributed by atoms with Crippen molar-refractivity contribution in [3.63, 3.8) is 0 Å². The van der Waals surface area contributed by atoms with Crippen molar-refractivity contribution in [1.82, 2.24) is 0 Å². The van der Waals surface area contributed by atoms with Crippen LogP contribution in [0.3, 0.4) is 0 Å². The first-order valence-corrected chi connectivity index (χ1v) is 6.36. The van der Waals surface area contributed by atoms with Gasteiger partial charge in [0.1, 0.15) is 0 Å². The lowest BCUT2D eigenvalue weighted by atomic mass is 9.78. The van der Waals surface area contributed by atoms with Crippen LogP contribution in [-0.2, 0) is 0 Å². The Morgan fingerprint density at radius 1 is 1.41 bits per heavy atom. The maximum atomic E-state index is 6.18. The molecule has 0 N–H and O–H groups in total. The van der Waals surface area contributed by atoms with Crippen molar-refractivity contribution in [3.05, 3.63) is 34.9 Å². The standard InChI is InChI=1S/C15H24ClN/c1-8-12(15(5,6)10-3)11(4)14(17-7)13(16)9-2/h8-9H,1,10H2,2-7H3/b12-11-,13-9+,17-14?. The van der Waals surface area contributed by atoms with Crippen LogP contribution in [-0.4, -0.2) is 12.8 Å². The van der Waals surface area contributed by atoms with E-state index in [0.29, 0.717) is 5.03 Å². The summed E-state index contributed by atoms with van der Waals surface area (Å²) in [6.07, 6.45) is 4.84. The zero-order valence-electron chi connectivity index (χ0n) is 11.9. The third-order valence-electron chi connectivity index (χ3n) is 3.28. The summed E-state index contributed by atoms with van der Waals surface area (Å²) in [7, 11) is 1.77. The molecule has 0 bridgehead atoms. The number of nitrogens with zero attached hydrogens (tertiary/aromatic N) is 1. The molecule has 0 amide bonds. The van der Waals surface area contributed by atoms with Gasteiger partial charge < -0.3 is 0 Å². The molecule has 96 valence electrons. The van der Waals surface area contributed by atoms with E-state index in [1.807, 2.05) is 19.1 Å². The molecular formula is C15H24ClN. The molecule has 0 saturated carbocycles. The van der Waals surface area contributed by atoms with Crippen LogP contribution >= 0.6 is 11.6 Å². The number of rotatable bonds is 5. The smallest absolute Gasteiger partial charge is 0.0785 e. The molecule has 0 aliphatic rings. The van der Waals surface area contributed by atoms with Gasteiger partial charge >= 0.3 is 0 Å². The van der Waals surface area contributed by atoms with Crippen molar-refractivity contribution in [1.29, 1.82) is 0 Å². The Morgan fingerprint density at radius 3 is 2.24 bits per heavy atom. The van der Waals surface area contributed by atoms with Crippen molar-refractivity contribution in [2.45, 2.75) is 41.0 Å². The average Bonchev–Trinajstić information content (AvgIpc) is 2.30. The Bertz CT molecular complexity index is 370. The van der Waals surface area contributed by atoms with Gasteiger partial charge in [0.2, 0.25) is 0 Å². The summed E-state index contributed by atoms with van der Waals surface area (Å²) in [6.45, 7) is 14.5. The minimum Gasteiger partial charge on any atom is -0.287 e. The first-order valence-electron chi connectivity index (χ1n) is 5.98. The third kappa shape index (κ3) is 3.85. The predicted molar refractivity (Wildman–Crippen MR) is 79.9 cm³/mol. The maximum absolute atomic E-state index is 6.18. The summed E-state index contributed by atoms with van der Waals surface area (Å²) >= 11 is 6.18. The Hall–Kier alpha value is -0.820. The Labute approximate surface area is 111 Å². The van der Waals surface area contributed by atoms with Gasteiger partial charge in [-0.25, -0.2) is 0 Å². The second-order valence-electron chi connectivity index (χ2n) is 4.69. The van der Waals surface area contributed by atoms with Gasteiger partial charge in [-0.1, -0.05) is 51.1 Å². The molecule has 0 aliphatic heterocycles. The molecule has 0 heterocycles. The van der Waals surface area contributed by atoms with E-state index < -0.39 is 0 Å². The lowest BCUT2D eigenvalue weighted by Crippen LogP contribution is -2.16. The van der Waals surface area contributed by atoms with Gasteiger partial charge in [-0.05, 0) is 36.8 Å². The van der Waals surface area contributed by atoms with Crippen LogP contribution < -0.4 is 0 Å². The van der Waals surface area contributed by atoms with E-state index in [1.165, 1.54) is 5.57 Å². The molecule has 2 heteroatoms. The summed E-state index contributed by atoms with van der Waals surface area (Å²) in [5, 5.41) is 0.691. The minimum atomic E-state index is 0.0900. The topological polar surface area (TPSA) is 12.4 Å². The van der Waals surface area contributed by atoms with Crippen molar-refractivity contribution in [2.75, 3.05) is 7.05 Å². The SMILES string of the molecule is C=C/C(=C(\C)C(=NC)/C(Cl)=C\C)C(C)(C)CC. The lowest BCUT2D eigenvalue weighted by molar-refractivity contribution is 0.438. The van der Waals surface area contributed by atoms with E-state index in [9.17, 15) is 0 Å². The van der Waals surface area contributed by atoms with Crippen LogP contribution in [0.15, 0.2) is 39.9 Å². The predicted octanol–water partition coefficient (Wildman–Crippen LogP) is 5.14. The Kier molecular flexibility index (Phi) is 6.48. The largest absolute Gasteiger partial charge is 0.287 e. The summed E-state index contributed by atoms with van der Waals surface area (Å²) in [5.41, 5.74) is 3.26. The highest BCUT2D eigenvalue weighted by atomic mass is 35.5. The van der Waals surface area contributed by atoms with Crippen LogP contribution in [0.25, 0.3) is 0 Å². The summed E-state index contributed by atoms with van der Waals surface area (Å²) < 4.78 is 0.